The quantitative estimate of drug-likeness (QED) is 0.496. The van der Waals surface area contributed by atoms with E-state index in [1.165, 1.54) is 12.2 Å². The summed E-state index contributed by atoms with van der Waals surface area (Å²) < 4.78 is 5.45. The first-order valence-electron chi connectivity index (χ1n) is 8.24. The maximum atomic E-state index is 13.0. The average molecular weight is 334 g/mol. The lowest BCUT2D eigenvalue weighted by Gasteiger charge is -2.39. The smallest absolute Gasteiger partial charge is 0.321 e. The van der Waals surface area contributed by atoms with Gasteiger partial charge in [0.15, 0.2) is 0 Å². The van der Waals surface area contributed by atoms with Crippen molar-refractivity contribution in [2.75, 3.05) is 6.61 Å². The van der Waals surface area contributed by atoms with Crippen molar-refractivity contribution in [3.05, 3.63) is 48.6 Å². The molecule has 0 bridgehead atoms. The molecule has 1 N–H and O–H groups in total. The highest BCUT2D eigenvalue weighted by Crippen LogP contribution is 2.47. The van der Waals surface area contributed by atoms with E-state index in [9.17, 15) is 14.7 Å². The van der Waals surface area contributed by atoms with Crippen LogP contribution in [0.15, 0.2) is 48.6 Å². The third-order valence-electron chi connectivity index (χ3n) is 3.64. The van der Waals surface area contributed by atoms with E-state index < -0.39 is 22.8 Å². The summed E-state index contributed by atoms with van der Waals surface area (Å²) in [5.74, 6) is -1.53. The van der Waals surface area contributed by atoms with E-state index in [1.54, 1.807) is 64.2 Å². The van der Waals surface area contributed by atoms with Crippen LogP contribution in [0.25, 0.3) is 0 Å². The molecule has 134 valence electrons. The molecular formula is C20H30O4. The first-order chi connectivity index (χ1) is 11.3. The summed E-state index contributed by atoms with van der Waals surface area (Å²) in [6.07, 6.45) is 12.9. The number of carbonyl (C=O) groups excluding carboxylic acids is 1. The Balaban J connectivity index is 6.62. The number of ether oxygens (including phenoxy) is 1. The van der Waals surface area contributed by atoms with E-state index in [4.69, 9.17) is 4.74 Å². The molecule has 4 nitrogen and oxygen atoms in total. The Bertz CT molecular complexity index is 512. The van der Waals surface area contributed by atoms with Gasteiger partial charge in [-0.05, 0) is 33.6 Å². The van der Waals surface area contributed by atoms with E-state index in [2.05, 4.69) is 0 Å². The zero-order chi connectivity index (χ0) is 18.8. The molecule has 0 aromatic carbocycles. The molecule has 4 heteroatoms. The Morgan fingerprint density at radius 3 is 1.54 bits per heavy atom. The fraction of sp³-hybridized carbons (Fsp3) is 0.500. The molecule has 0 spiro atoms. The Labute approximate surface area is 145 Å². The highest BCUT2D eigenvalue weighted by Gasteiger charge is 2.56. The van der Waals surface area contributed by atoms with Gasteiger partial charge in [0.1, 0.15) is 10.8 Å². The van der Waals surface area contributed by atoms with E-state index in [1.807, 2.05) is 13.8 Å². The molecule has 0 aliphatic heterocycles. The van der Waals surface area contributed by atoms with Gasteiger partial charge < -0.3 is 9.84 Å². The zero-order valence-corrected chi connectivity index (χ0v) is 15.6. The number of esters is 1. The van der Waals surface area contributed by atoms with Crippen molar-refractivity contribution in [1.82, 2.24) is 0 Å². The van der Waals surface area contributed by atoms with Gasteiger partial charge in [0, 0.05) is 0 Å². The maximum Gasteiger partial charge on any atom is 0.321 e. The molecular weight excluding hydrogens is 304 g/mol. The summed E-state index contributed by atoms with van der Waals surface area (Å²) in [6.45, 7) is 11.1. The molecule has 0 amide bonds. The minimum atomic E-state index is -1.57. The minimum absolute atomic E-state index is 0.158. The summed E-state index contributed by atoms with van der Waals surface area (Å²) in [5, 5.41) is 10.0. The van der Waals surface area contributed by atoms with Crippen LogP contribution in [0, 0.1) is 16.7 Å². The fourth-order valence-corrected chi connectivity index (χ4v) is 2.70. The second-order valence-electron chi connectivity index (χ2n) is 6.04. The molecule has 0 aromatic heterocycles. The Kier molecular flexibility index (Phi) is 9.04. The lowest BCUT2D eigenvalue weighted by atomic mass is 9.62. The standard InChI is InChI=1S/C20H30O4/c1-7-11-19(12-8-2,17(21)22)20(13-9-3,14-10-4)18(23)24-15-16(5)6/h7-14,16H,15H2,1-6H3,(H,21,22)/b11-7+,12-8+,13-9+,14-10+. The average Bonchev–Trinajstić information content (AvgIpc) is 2.51. The maximum absolute atomic E-state index is 13.0. The lowest BCUT2D eigenvalue weighted by Crippen LogP contribution is -2.49. The van der Waals surface area contributed by atoms with Crippen molar-refractivity contribution in [2.24, 2.45) is 16.7 Å². The summed E-state index contributed by atoms with van der Waals surface area (Å²) in [7, 11) is 0. The number of allylic oxidation sites excluding steroid dienone is 4. The molecule has 0 atom stereocenters. The molecule has 0 rings (SSSR count). The van der Waals surface area contributed by atoms with E-state index in [-0.39, 0.29) is 12.5 Å². The normalized spacial score (nSPS) is 13.8. The molecule has 0 aromatic rings. The van der Waals surface area contributed by atoms with Crippen LogP contribution in [0.2, 0.25) is 0 Å². The van der Waals surface area contributed by atoms with Crippen LogP contribution >= 0.6 is 0 Å². The van der Waals surface area contributed by atoms with Crippen LogP contribution in [0.4, 0.5) is 0 Å². The van der Waals surface area contributed by atoms with Crippen molar-refractivity contribution in [3.8, 4) is 0 Å². The van der Waals surface area contributed by atoms with Gasteiger partial charge in [0.05, 0.1) is 6.61 Å². The number of rotatable bonds is 9. The summed E-state index contributed by atoms with van der Waals surface area (Å²) in [4.78, 5) is 25.3. The third kappa shape index (κ3) is 4.47. The van der Waals surface area contributed by atoms with Gasteiger partial charge in [-0.1, -0.05) is 62.5 Å². The van der Waals surface area contributed by atoms with Crippen LogP contribution in [0.3, 0.4) is 0 Å². The van der Waals surface area contributed by atoms with Crippen LogP contribution < -0.4 is 0 Å². The first-order valence-corrected chi connectivity index (χ1v) is 8.24. The van der Waals surface area contributed by atoms with Gasteiger partial charge in [-0.25, -0.2) is 0 Å². The van der Waals surface area contributed by atoms with Gasteiger partial charge in [-0.3, -0.25) is 9.59 Å². The van der Waals surface area contributed by atoms with Gasteiger partial charge in [-0.15, -0.1) is 0 Å². The van der Waals surface area contributed by atoms with E-state index in [0.29, 0.717) is 0 Å². The van der Waals surface area contributed by atoms with Gasteiger partial charge in [0.25, 0.3) is 0 Å². The summed E-state index contributed by atoms with van der Waals surface area (Å²) in [6, 6.07) is 0. The van der Waals surface area contributed by atoms with Crippen molar-refractivity contribution in [1.29, 1.82) is 0 Å². The fourth-order valence-electron chi connectivity index (χ4n) is 2.70. The molecule has 0 saturated carbocycles. The molecule has 24 heavy (non-hydrogen) atoms. The Morgan fingerprint density at radius 1 is 0.875 bits per heavy atom. The SMILES string of the molecule is C/C=C/C(/C=C/C)(C(=O)O)C(/C=C/C)(/C=C/C)C(=O)OCC(C)C. The van der Waals surface area contributed by atoms with Gasteiger partial charge in [-0.2, -0.15) is 0 Å². The molecule has 0 unspecified atom stereocenters. The van der Waals surface area contributed by atoms with Gasteiger partial charge >= 0.3 is 11.9 Å². The number of hydrogen-bond donors (Lipinski definition) is 1. The van der Waals surface area contributed by atoms with Gasteiger partial charge in [0.2, 0.25) is 0 Å². The van der Waals surface area contributed by atoms with Crippen LogP contribution in [-0.2, 0) is 14.3 Å². The van der Waals surface area contributed by atoms with Crippen molar-refractivity contribution >= 4 is 11.9 Å². The summed E-state index contributed by atoms with van der Waals surface area (Å²) >= 11 is 0. The predicted octanol–water partition coefficient (Wildman–Crippen LogP) is 4.55. The second-order valence-corrected chi connectivity index (χ2v) is 6.04. The highest BCUT2D eigenvalue weighted by atomic mass is 16.5. The van der Waals surface area contributed by atoms with Crippen LogP contribution in [0.1, 0.15) is 41.5 Å². The monoisotopic (exact) mass is 334 g/mol. The van der Waals surface area contributed by atoms with Crippen molar-refractivity contribution in [3.63, 3.8) is 0 Å². The van der Waals surface area contributed by atoms with Crippen LogP contribution in [0.5, 0.6) is 0 Å². The highest BCUT2D eigenvalue weighted by molar-refractivity contribution is 5.94. The van der Waals surface area contributed by atoms with Crippen molar-refractivity contribution < 1.29 is 19.4 Å². The van der Waals surface area contributed by atoms with E-state index >= 15 is 0 Å². The third-order valence-corrected chi connectivity index (χ3v) is 3.64. The molecule has 0 fully saturated rings. The Morgan fingerprint density at radius 2 is 1.25 bits per heavy atom. The first kappa shape index (κ1) is 21.9. The van der Waals surface area contributed by atoms with Crippen LogP contribution in [-0.4, -0.2) is 23.7 Å². The number of aliphatic carboxylic acids is 1. The topological polar surface area (TPSA) is 63.6 Å². The van der Waals surface area contributed by atoms with E-state index in [0.717, 1.165) is 0 Å². The molecule has 0 aliphatic rings. The molecule has 0 aliphatic carbocycles. The lowest BCUT2D eigenvalue weighted by molar-refractivity contribution is -0.163. The summed E-state index contributed by atoms with van der Waals surface area (Å²) in [5.41, 5.74) is -3.03. The zero-order valence-electron chi connectivity index (χ0n) is 15.6. The molecule has 0 heterocycles. The minimum Gasteiger partial charge on any atom is -0.480 e. The number of carboxylic acid groups (broad SMARTS) is 1. The van der Waals surface area contributed by atoms with Crippen molar-refractivity contribution in [2.45, 2.75) is 41.5 Å². The second kappa shape index (κ2) is 9.91. The number of hydrogen-bond acceptors (Lipinski definition) is 3. The molecule has 0 saturated heterocycles. The molecule has 0 radical (unpaired) electrons. The predicted molar refractivity (Wildman–Crippen MR) is 97.6 cm³/mol. The Hall–Kier alpha value is -2.10. The number of carboxylic acids is 1. The number of carbonyl (C=O) groups is 2. The largest absolute Gasteiger partial charge is 0.480 e.